The number of benzene rings is 2. The molecular formula is C18H17FN2O4. The summed E-state index contributed by atoms with van der Waals surface area (Å²) in [6, 6.07) is 9.82. The molecule has 1 N–H and O–H groups in total. The van der Waals surface area contributed by atoms with Crippen LogP contribution in [0, 0.1) is 5.82 Å². The molecule has 2 aromatic rings. The van der Waals surface area contributed by atoms with E-state index in [9.17, 15) is 14.0 Å². The largest absolute Gasteiger partial charge is 0.493 e. The highest BCUT2D eigenvalue weighted by Gasteiger charge is 2.39. The molecule has 0 radical (unpaired) electrons. The van der Waals surface area contributed by atoms with Crippen molar-refractivity contribution >= 4 is 23.2 Å². The summed E-state index contributed by atoms with van der Waals surface area (Å²) in [6.45, 7) is 0. The van der Waals surface area contributed by atoms with Crippen molar-refractivity contribution in [2.24, 2.45) is 0 Å². The third-order valence-corrected chi connectivity index (χ3v) is 3.94. The van der Waals surface area contributed by atoms with Gasteiger partial charge in [0.2, 0.25) is 5.91 Å². The fraction of sp³-hybridized carbons (Fsp3) is 0.222. The van der Waals surface area contributed by atoms with Crippen LogP contribution < -0.4 is 19.7 Å². The summed E-state index contributed by atoms with van der Waals surface area (Å²) >= 11 is 0. The third-order valence-electron chi connectivity index (χ3n) is 3.94. The van der Waals surface area contributed by atoms with Gasteiger partial charge in [0.05, 0.1) is 26.3 Å². The Morgan fingerprint density at radius 1 is 1.08 bits per heavy atom. The minimum atomic E-state index is -0.748. The molecule has 0 bridgehead atoms. The van der Waals surface area contributed by atoms with Crippen molar-refractivity contribution in [1.29, 1.82) is 0 Å². The van der Waals surface area contributed by atoms with Gasteiger partial charge >= 0.3 is 0 Å². The van der Waals surface area contributed by atoms with Crippen LogP contribution in [0.3, 0.4) is 0 Å². The second-order valence-corrected chi connectivity index (χ2v) is 5.52. The molecule has 7 heteroatoms. The molecule has 1 atom stereocenters. The number of carbonyl (C=O) groups excluding carboxylic acids is 2. The molecule has 1 fully saturated rings. The number of anilines is 2. The first-order chi connectivity index (χ1) is 12.0. The van der Waals surface area contributed by atoms with Gasteiger partial charge in [-0.3, -0.25) is 9.59 Å². The highest BCUT2D eigenvalue weighted by atomic mass is 19.1. The number of nitrogens with zero attached hydrogens (tertiary/aromatic N) is 1. The van der Waals surface area contributed by atoms with E-state index in [0.717, 1.165) is 4.90 Å². The van der Waals surface area contributed by atoms with E-state index in [1.165, 1.54) is 32.4 Å². The molecule has 1 aliphatic heterocycles. The van der Waals surface area contributed by atoms with Gasteiger partial charge in [-0.2, -0.15) is 0 Å². The summed E-state index contributed by atoms with van der Waals surface area (Å²) in [7, 11) is 2.98. The van der Waals surface area contributed by atoms with Crippen molar-refractivity contribution in [1.82, 2.24) is 0 Å². The topological polar surface area (TPSA) is 67.9 Å². The summed E-state index contributed by atoms with van der Waals surface area (Å²) in [5.74, 6) is -0.243. The van der Waals surface area contributed by atoms with E-state index in [2.05, 4.69) is 5.32 Å². The van der Waals surface area contributed by atoms with Crippen LogP contribution in [0.15, 0.2) is 42.5 Å². The highest BCUT2D eigenvalue weighted by molar-refractivity contribution is 6.23. The van der Waals surface area contributed by atoms with Crippen LogP contribution in [0.1, 0.15) is 6.42 Å². The Labute approximate surface area is 144 Å². The lowest BCUT2D eigenvalue weighted by Crippen LogP contribution is -2.34. The Morgan fingerprint density at radius 3 is 2.52 bits per heavy atom. The van der Waals surface area contributed by atoms with Crippen LogP contribution in [0.4, 0.5) is 15.8 Å². The maximum Gasteiger partial charge on any atom is 0.256 e. The quantitative estimate of drug-likeness (QED) is 0.845. The van der Waals surface area contributed by atoms with Gasteiger partial charge in [0.25, 0.3) is 5.91 Å². The zero-order chi connectivity index (χ0) is 18.0. The summed E-state index contributed by atoms with van der Waals surface area (Å²) in [4.78, 5) is 26.1. The Hall–Kier alpha value is -3.09. The van der Waals surface area contributed by atoms with Crippen molar-refractivity contribution in [2.45, 2.75) is 12.5 Å². The molecule has 1 heterocycles. The van der Waals surface area contributed by atoms with Crippen LogP contribution in [-0.4, -0.2) is 32.1 Å². The predicted octanol–water partition coefficient (Wildman–Crippen LogP) is 2.59. The number of rotatable bonds is 5. The average molecular weight is 344 g/mol. The van der Waals surface area contributed by atoms with Gasteiger partial charge in [-0.15, -0.1) is 0 Å². The van der Waals surface area contributed by atoms with Gasteiger partial charge in [0, 0.05) is 11.8 Å². The van der Waals surface area contributed by atoms with Gasteiger partial charge in [-0.1, -0.05) is 6.07 Å². The predicted molar refractivity (Wildman–Crippen MR) is 90.5 cm³/mol. The molecule has 130 valence electrons. The standard InChI is InChI=1S/C18H17FN2O4/c1-24-15-7-6-13(9-16(15)25-2)21-17(22)10-14(18(21)23)20-12-5-3-4-11(19)8-12/h3-9,14,20H,10H2,1-2H3/t14-/m1/s1. The van der Waals surface area contributed by atoms with Crippen molar-refractivity contribution in [2.75, 3.05) is 24.4 Å². The van der Waals surface area contributed by atoms with E-state index in [4.69, 9.17) is 9.47 Å². The van der Waals surface area contributed by atoms with E-state index in [-0.39, 0.29) is 12.3 Å². The second kappa shape index (κ2) is 6.80. The summed E-state index contributed by atoms with van der Waals surface area (Å²) in [6.07, 6.45) is -0.0102. The highest BCUT2D eigenvalue weighted by Crippen LogP contribution is 2.34. The Morgan fingerprint density at radius 2 is 1.84 bits per heavy atom. The summed E-state index contributed by atoms with van der Waals surface area (Å²) < 4.78 is 23.7. The number of amides is 2. The van der Waals surface area contributed by atoms with Gasteiger partial charge in [-0.05, 0) is 30.3 Å². The maximum atomic E-state index is 13.3. The number of halogens is 1. The van der Waals surface area contributed by atoms with Crippen LogP contribution in [0.5, 0.6) is 11.5 Å². The number of hydrogen-bond acceptors (Lipinski definition) is 5. The minimum Gasteiger partial charge on any atom is -0.493 e. The number of carbonyl (C=O) groups is 2. The van der Waals surface area contributed by atoms with E-state index in [0.29, 0.717) is 22.9 Å². The lowest BCUT2D eigenvalue weighted by molar-refractivity contribution is -0.121. The molecule has 0 aliphatic carbocycles. The zero-order valence-corrected chi connectivity index (χ0v) is 13.8. The second-order valence-electron chi connectivity index (χ2n) is 5.52. The van der Waals surface area contributed by atoms with Crippen LogP contribution in [-0.2, 0) is 9.59 Å². The molecule has 2 amide bonds. The molecule has 0 unspecified atom stereocenters. The fourth-order valence-corrected chi connectivity index (χ4v) is 2.76. The average Bonchev–Trinajstić information content (AvgIpc) is 2.88. The number of ether oxygens (including phenoxy) is 2. The zero-order valence-electron chi connectivity index (χ0n) is 13.8. The Balaban J connectivity index is 1.84. The molecule has 0 saturated carbocycles. The lowest BCUT2D eigenvalue weighted by atomic mass is 10.2. The van der Waals surface area contributed by atoms with E-state index in [1.54, 1.807) is 24.3 Å². The van der Waals surface area contributed by atoms with E-state index in [1.807, 2.05) is 0 Å². The molecule has 1 aliphatic rings. The SMILES string of the molecule is COc1ccc(N2C(=O)C[C@@H](Nc3cccc(F)c3)C2=O)cc1OC. The van der Waals surface area contributed by atoms with Crippen LogP contribution >= 0.6 is 0 Å². The molecule has 25 heavy (non-hydrogen) atoms. The smallest absolute Gasteiger partial charge is 0.256 e. The van der Waals surface area contributed by atoms with Gasteiger partial charge in [0.1, 0.15) is 11.9 Å². The molecule has 0 spiro atoms. The van der Waals surface area contributed by atoms with Crippen molar-refractivity contribution in [3.8, 4) is 11.5 Å². The normalized spacial score (nSPS) is 16.9. The number of nitrogens with one attached hydrogen (secondary N) is 1. The molecule has 6 nitrogen and oxygen atoms in total. The lowest BCUT2D eigenvalue weighted by Gasteiger charge is -2.18. The Bertz CT molecular complexity index is 824. The monoisotopic (exact) mass is 344 g/mol. The first-order valence-corrected chi connectivity index (χ1v) is 7.64. The van der Waals surface area contributed by atoms with Crippen molar-refractivity contribution in [3.63, 3.8) is 0 Å². The van der Waals surface area contributed by atoms with Gasteiger partial charge < -0.3 is 14.8 Å². The molecular weight excluding hydrogens is 327 g/mol. The Kier molecular flexibility index (Phi) is 4.56. The molecule has 2 aromatic carbocycles. The summed E-state index contributed by atoms with van der Waals surface area (Å²) in [5, 5.41) is 2.90. The fourth-order valence-electron chi connectivity index (χ4n) is 2.76. The maximum absolute atomic E-state index is 13.3. The number of hydrogen-bond donors (Lipinski definition) is 1. The van der Waals surface area contributed by atoms with E-state index < -0.39 is 17.8 Å². The molecule has 1 saturated heterocycles. The van der Waals surface area contributed by atoms with E-state index >= 15 is 0 Å². The third kappa shape index (κ3) is 3.26. The van der Waals surface area contributed by atoms with Crippen LogP contribution in [0.2, 0.25) is 0 Å². The molecule has 0 aromatic heterocycles. The number of imide groups is 1. The first-order valence-electron chi connectivity index (χ1n) is 7.64. The van der Waals surface area contributed by atoms with Crippen molar-refractivity contribution < 1.29 is 23.5 Å². The van der Waals surface area contributed by atoms with Gasteiger partial charge in [0.15, 0.2) is 11.5 Å². The van der Waals surface area contributed by atoms with Gasteiger partial charge in [-0.25, -0.2) is 9.29 Å². The molecule has 3 rings (SSSR count). The minimum absolute atomic E-state index is 0.0102. The van der Waals surface area contributed by atoms with Crippen LogP contribution in [0.25, 0.3) is 0 Å². The summed E-state index contributed by atoms with van der Waals surface area (Å²) in [5.41, 5.74) is 0.844. The van der Waals surface area contributed by atoms with Crippen molar-refractivity contribution in [3.05, 3.63) is 48.3 Å². The first kappa shape index (κ1) is 16.8. The number of methoxy groups -OCH3 is 2.